The van der Waals surface area contributed by atoms with Crippen LogP contribution in [0.25, 0.3) is 0 Å². The van der Waals surface area contributed by atoms with E-state index in [4.69, 9.17) is 16.3 Å². The largest absolute Gasteiger partial charge is 0.381 e. The van der Waals surface area contributed by atoms with Crippen LogP contribution in [0.15, 0.2) is 41.8 Å². The molecule has 1 aromatic heterocycles. The minimum Gasteiger partial charge on any atom is -0.381 e. The van der Waals surface area contributed by atoms with Gasteiger partial charge in [-0.15, -0.1) is 11.3 Å². The Bertz CT molecular complexity index is 621. The van der Waals surface area contributed by atoms with Crippen LogP contribution in [0, 0.1) is 0 Å². The van der Waals surface area contributed by atoms with E-state index in [0.717, 1.165) is 39.0 Å². The molecule has 2 aromatic rings. The molecule has 1 aliphatic heterocycles. The molecule has 0 N–H and O–H groups in total. The van der Waals surface area contributed by atoms with Gasteiger partial charge in [0.1, 0.15) is 0 Å². The lowest BCUT2D eigenvalue weighted by Gasteiger charge is -2.34. The summed E-state index contributed by atoms with van der Waals surface area (Å²) in [4.78, 5) is 16.3. The Morgan fingerprint density at radius 2 is 1.96 bits per heavy atom. The minimum atomic E-state index is 0.0881. The molecule has 0 aliphatic carbocycles. The maximum Gasteiger partial charge on any atom is 0.254 e. The summed E-state index contributed by atoms with van der Waals surface area (Å²) >= 11 is 7.67. The van der Waals surface area contributed by atoms with E-state index >= 15 is 0 Å². The highest BCUT2D eigenvalue weighted by Gasteiger charge is 2.26. The number of thiophene rings is 1. The molecule has 5 heteroatoms. The van der Waals surface area contributed by atoms with Crippen molar-refractivity contribution < 1.29 is 9.53 Å². The van der Waals surface area contributed by atoms with Gasteiger partial charge in [-0.3, -0.25) is 4.79 Å². The van der Waals surface area contributed by atoms with Gasteiger partial charge in [-0.2, -0.15) is 0 Å². The van der Waals surface area contributed by atoms with Crippen molar-refractivity contribution >= 4 is 28.8 Å². The first-order chi connectivity index (χ1) is 11.2. The lowest BCUT2D eigenvalue weighted by atomic mass is 10.0. The van der Waals surface area contributed by atoms with E-state index in [2.05, 4.69) is 17.5 Å². The van der Waals surface area contributed by atoms with Gasteiger partial charge in [-0.1, -0.05) is 17.7 Å². The van der Waals surface area contributed by atoms with Crippen molar-refractivity contribution in [3.05, 3.63) is 57.2 Å². The SMILES string of the molecule is O=C(c1ccc(Cl)cc1)N(CCc1cccs1)C1CCOCC1. The van der Waals surface area contributed by atoms with E-state index in [-0.39, 0.29) is 11.9 Å². The third-order valence-electron chi connectivity index (χ3n) is 4.16. The van der Waals surface area contributed by atoms with Crippen molar-refractivity contribution in [2.24, 2.45) is 0 Å². The molecular formula is C18H20ClNO2S. The van der Waals surface area contributed by atoms with Crippen LogP contribution >= 0.6 is 22.9 Å². The quantitative estimate of drug-likeness (QED) is 0.807. The van der Waals surface area contributed by atoms with Gasteiger partial charge in [-0.05, 0) is 55.0 Å². The van der Waals surface area contributed by atoms with Gasteiger partial charge < -0.3 is 9.64 Å². The summed E-state index contributed by atoms with van der Waals surface area (Å²) in [5, 5.41) is 2.73. The zero-order valence-electron chi connectivity index (χ0n) is 12.9. The van der Waals surface area contributed by atoms with Crippen molar-refractivity contribution in [1.29, 1.82) is 0 Å². The molecule has 1 saturated heterocycles. The van der Waals surface area contributed by atoms with Crippen molar-refractivity contribution in [3.63, 3.8) is 0 Å². The molecular weight excluding hydrogens is 330 g/mol. The zero-order valence-corrected chi connectivity index (χ0v) is 14.5. The zero-order chi connectivity index (χ0) is 16.1. The number of ether oxygens (including phenoxy) is 1. The van der Waals surface area contributed by atoms with Gasteiger partial charge >= 0.3 is 0 Å². The first kappa shape index (κ1) is 16.5. The topological polar surface area (TPSA) is 29.5 Å². The van der Waals surface area contributed by atoms with Crippen LogP contribution in [0.2, 0.25) is 5.02 Å². The van der Waals surface area contributed by atoms with Gasteiger partial charge in [0.15, 0.2) is 0 Å². The Morgan fingerprint density at radius 1 is 1.22 bits per heavy atom. The van der Waals surface area contributed by atoms with E-state index in [9.17, 15) is 4.79 Å². The summed E-state index contributed by atoms with van der Waals surface area (Å²) in [6.07, 6.45) is 2.71. The van der Waals surface area contributed by atoms with E-state index in [1.165, 1.54) is 4.88 Å². The highest BCUT2D eigenvalue weighted by Crippen LogP contribution is 2.20. The molecule has 1 amide bonds. The molecule has 0 bridgehead atoms. The van der Waals surface area contributed by atoms with E-state index in [0.29, 0.717) is 10.6 Å². The monoisotopic (exact) mass is 349 g/mol. The third-order valence-corrected chi connectivity index (χ3v) is 5.35. The molecule has 0 unspecified atom stereocenters. The molecule has 23 heavy (non-hydrogen) atoms. The standard InChI is InChI=1S/C18H20ClNO2S/c19-15-5-3-14(4-6-15)18(21)20(16-8-11-22-12-9-16)10-7-17-2-1-13-23-17/h1-6,13,16H,7-12H2. The fourth-order valence-electron chi connectivity index (χ4n) is 2.89. The first-order valence-electron chi connectivity index (χ1n) is 7.91. The third kappa shape index (κ3) is 4.34. The maximum absolute atomic E-state index is 13.0. The van der Waals surface area contributed by atoms with Crippen molar-refractivity contribution in [2.75, 3.05) is 19.8 Å². The van der Waals surface area contributed by atoms with Crippen LogP contribution in [-0.4, -0.2) is 36.6 Å². The molecule has 1 aromatic carbocycles. The summed E-state index contributed by atoms with van der Waals surface area (Å²) in [5.41, 5.74) is 0.701. The summed E-state index contributed by atoms with van der Waals surface area (Å²) in [5.74, 6) is 0.0881. The molecule has 2 heterocycles. The Morgan fingerprint density at radius 3 is 2.61 bits per heavy atom. The Balaban J connectivity index is 1.75. The molecule has 3 rings (SSSR count). The molecule has 122 valence electrons. The van der Waals surface area contributed by atoms with Crippen LogP contribution in [0.4, 0.5) is 0 Å². The lowest BCUT2D eigenvalue weighted by Crippen LogP contribution is -2.44. The van der Waals surface area contributed by atoms with Crippen LogP contribution in [0.5, 0.6) is 0 Å². The van der Waals surface area contributed by atoms with Crippen molar-refractivity contribution in [3.8, 4) is 0 Å². The van der Waals surface area contributed by atoms with Crippen molar-refractivity contribution in [1.82, 2.24) is 4.90 Å². The molecule has 0 saturated carbocycles. The molecule has 1 fully saturated rings. The summed E-state index contributed by atoms with van der Waals surface area (Å²) in [6.45, 7) is 2.20. The lowest BCUT2D eigenvalue weighted by molar-refractivity contribution is 0.0294. The Labute approximate surface area is 145 Å². The highest BCUT2D eigenvalue weighted by molar-refractivity contribution is 7.09. The summed E-state index contributed by atoms with van der Waals surface area (Å²) < 4.78 is 5.45. The molecule has 1 aliphatic rings. The Hall–Kier alpha value is -1.36. The number of halogens is 1. The van der Waals surface area contributed by atoms with Crippen LogP contribution < -0.4 is 0 Å². The maximum atomic E-state index is 13.0. The number of carbonyl (C=O) groups is 1. The number of benzene rings is 1. The molecule has 0 radical (unpaired) electrons. The van der Waals surface area contributed by atoms with Gasteiger partial charge in [0.25, 0.3) is 5.91 Å². The van der Waals surface area contributed by atoms with Crippen LogP contribution in [-0.2, 0) is 11.2 Å². The molecule has 0 spiro atoms. The van der Waals surface area contributed by atoms with Crippen LogP contribution in [0.3, 0.4) is 0 Å². The Kier molecular flexibility index (Phi) is 5.70. The molecule has 0 atom stereocenters. The van der Waals surface area contributed by atoms with Gasteiger partial charge in [-0.25, -0.2) is 0 Å². The van der Waals surface area contributed by atoms with Gasteiger partial charge in [0.2, 0.25) is 0 Å². The van der Waals surface area contributed by atoms with Gasteiger partial charge in [0, 0.05) is 41.3 Å². The van der Waals surface area contributed by atoms with E-state index in [1.54, 1.807) is 23.5 Å². The number of nitrogens with zero attached hydrogens (tertiary/aromatic N) is 1. The summed E-state index contributed by atoms with van der Waals surface area (Å²) in [6, 6.07) is 11.6. The number of hydrogen-bond acceptors (Lipinski definition) is 3. The number of hydrogen-bond donors (Lipinski definition) is 0. The average molecular weight is 350 g/mol. The number of carbonyl (C=O) groups excluding carboxylic acids is 1. The van der Waals surface area contributed by atoms with Crippen LogP contribution in [0.1, 0.15) is 28.1 Å². The van der Waals surface area contributed by atoms with E-state index in [1.807, 2.05) is 17.0 Å². The minimum absolute atomic E-state index is 0.0881. The predicted molar refractivity (Wildman–Crippen MR) is 94.4 cm³/mol. The second-order valence-electron chi connectivity index (χ2n) is 5.68. The normalized spacial score (nSPS) is 15.5. The summed E-state index contributed by atoms with van der Waals surface area (Å²) in [7, 11) is 0. The first-order valence-corrected chi connectivity index (χ1v) is 9.16. The second-order valence-corrected chi connectivity index (χ2v) is 7.15. The van der Waals surface area contributed by atoms with E-state index < -0.39 is 0 Å². The predicted octanol–water partition coefficient (Wildman–Crippen LogP) is 4.27. The smallest absolute Gasteiger partial charge is 0.254 e. The number of rotatable bonds is 5. The second kappa shape index (κ2) is 7.95. The van der Waals surface area contributed by atoms with Gasteiger partial charge in [0.05, 0.1) is 0 Å². The number of amides is 1. The van der Waals surface area contributed by atoms with Crippen molar-refractivity contribution in [2.45, 2.75) is 25.3 Å². The fourth-order valence-corrected chi connectivity index (χ4v) is 3.71. The fraction of sp³-hybridized carbons (Fsp3) is 0.389. The average Bonchev–Trinajstić information content (AvgIpc) is 3.10. The highest BCUT2D eigenvalue weighted by atomic mass is 35.5. The molecule has 3 nitrogen and oxygen atoms in total.